The van der Waals surface area contributed by atoms with Gasteiger partial charge in [0, 0.05) is 25.3 Å². The maximum Gasteiger partial charge on any atom is 0.226 e. The van der Waals surface area contributed by atoms with E-state index >= 15 is 0 Å². The maximum atomic E-state index is 11.7. The van der Waals surface area contributed by atoms with E-state index in [-0.39, 0.29) is 17.9 Å². The maximum absolute atomic E-state index is 11.7. The summed E-state index contributed by atoms with van der Waals surface area (Å²) < 4.78 is 0. The first kappa shape index (κ1) is 13.4. The normalized spacial score (nSPS) is 15.7. The van der Waals surface area contributed by atoms with E-state index in [0.29, 0.717) is 29.0 Å². The molecule has 4 nitrogen and oxygen atoms in total. The lowest BCUT2D eigenvalue weighted by atomic mass is 9.99. The van der Waals surface area contributed by atoms with Gasteiger partial charge in [-0.3, -0.25) is 4.79 Å². The standard InChI is InChI=1S/C12H15Cl2N3O/c1-7(2)16-12(18)8-5-17(6-8)11-10(14)3-9(13)4-15-11/h3-4,7-8H,5-6H2,1-2H3,(H,16,18). The van der Waals surface area contributed by atoms with Crippen LogP contribution in [0.1, 0.15) is 13.8 Å². The minimum absolute atomic E-state index is 0.0148. The van der Waals surface area contributed by atoms with Crippen molar-refractivity contribution in [1.82, 2.24) is 10.3 Å². The average Bonchev–Trinajstić information content (AvgIpc) is 2.17. The molecule has 6 heteroatoms. The van der Waals surface area contributed by atoms with Crippen LogP contribution in [0.4, 0.5) is 5.82 Å². The quantitative estimate of drug-likeness (QED) is 0.928. The highest BCUT2D eigenvalue weighted by molar-refractivity contribution is 6.36. The van der Waals surface area contributed by atoms with E-state index in [9.17, 15) is 4.79 Å². The molecule has 1 aromatic heterocycles. The minimum atomic E-state index is 0.0148. The van der Waals surface area contributed by atoms with E-state index in [1.807, 2.05) is 18.7 Å². The summed E-state index contributed by atoms with van der Waals surface area (Å²) in [5.74, 6) is 0.793. The predicted octanol–water partition coefficient (Wildman–Crippen LogP) is 2.35. The van der Waals surface area contributed by atoms with Gasteiger partial charge in [0.25, 0.3) is 0 Å². The van der Waals surface area contributed by atoms with Crippen LogP contribution in [0, 0.1) is 5.92 Å². The monoisotopic (exact) mass is 287 g/mol. The molecule has 0 spiro atoms. The lowest BCUT2D eigenvalue weighted by Gasteiger charge is -2.39. The van der Waals surface area contributed by atoms with E-state index in [1.165, 1.54) is 0 Å². The van der Waals surface area contributed by atoms with Gasteiger partial charge in [0.05, 0.1) is 16.0 Å². The Morgan fingerprint density at radius 1 is 1.50 bits per heavy atom. The first-order valence-corrected chi connectivity index (χ1v) is 6.59. The third-order valence-electron chi connectivity index (χ3n) is 2.77. The Morgan fingerprint density at radius 3 is 2.72 bits per heavy atom. The number of amides is 1. The second-order valence-corrected chi connectivity index (χ2v) is 5.57. The third-order valence-corrected chi connectivity index (χ3v) is 3.26. The Bertz CT molecular complexity index is 459. The first-order valence-electron chi connectivity index (χ1n) is 5.83. The summed E-state index contributed by atoms with van der Waals surface area (Å²) in [6.45, 7) is 5.19. The van der Waals surface area contributed by atoms with Crippen molar-refractivity contribution in [2.45, 2.75) is 19.9 Å². The Hall–Kier alpha value is -1.000. The topological polar surface area (TPSA) is 45.2 Å². The van der Waals surface area contributed by atoms with Crippen molar-refractivity contribution in [1.29, 1.82) is 0 Å². The fourth-order valence-corrected chi connectivity index (χ4v) is 2.36. The summed E-state index contributed by atoms with van der Waals surface area (Å²) >= 11 is 11.8. The van der Waals surface area contributed by atoms with Gasteiger partial charge in [-0.15, -0.1) is 0 Å². The largest absolute Gasteiger partial charge is 0.354 e. The van der Waals surface area contributed by atoms with E-state index in [1.54, 1.807) is 12.3 Å². The zero-order valence-electron chi connectivity index (χ0n) is 10.3. The molecule has 2 rings (SSSR count). The number of nitrogens with zero attached hydrogens (tertiary/aromatic N) is 2. The van der Waals surface area contributed by atoms with Crippen LogP contribution in [0.2, 0.25) is 10.0 Å². The fourth-order valence-electron chi connectivity index (χ4n) is 1.86. The van der Waals surface area contributed by atoms with Gasteiger partial charge < -0.3 is 10.2 Å². The van der Waals surface area contributed by atoms with Crippen molar-refractivity contribution in [2.24, 2.45) is 5.92 Å². The number of anilines is 1. The summed E-state index contributed by atoms with van der Waals surface area (Å²) in [5, 5.41) is 3.93. The second-order valence-electron chi connectivity index (χ2n) is 4.72. The van der Waals surface area contributed by atoms with Crippen molar-refractivity contribution in [3.63, 3.8) is 0 Å². The number of hydrogen-bond donors (Lipinski definition) is 1. The summed E-state index contributed by atoms with van der Waals surface area (Å²) in [4.78, 5) is 17.9. The third kappa shape index (κ3) is 2.87. The number of carbonyl (C=O) groups excluding carboxylic acids is 1. The van der Waals surface area contributed by atoms with Crippen LogP contribution in [0.3, 0.4) is 0 Å². The summed E-state index contributed by atoms with van der Waals surface area (Å²) in [5.41, 5.74) is 0. The highest BCUT2D eigenvalue weighted by Crippen LogP contribution is 2.30. The number of rotatable bonds is 3. The van der Waals surface area contributed by atoms with Gasteiger partial charge >= 0.3 is 0 Å². The second kappa shape index (κ2) is 5.33. The van der Waals surface area contributed by atoms with E-state index in [0.717, 1.165) is 0 Å². The molecule has 1 aliphatic heterocycles. The molecule has 0 radical (unpaired) electrons. The molecule has 2 heterocycles. The Kier molecular flexibility index (Phi) is 3.97. The predicted molar refractivity (Wildman–Crippen MR) is 73.2 cm³/mol. The Balaban J connectivity index is 1.94. The van der Waals surface area contributed by atoms with Crippen LogP contribution in [0.5, 0.6) is 0 Å². The van der Waals surface area contributed by atoms with Gasteiger partial charge in [-0.25, -0.2) is 4.98 Å². The number of carbonyl (C=O) groups is 1. The summed E-state index contributed by atoms with van der Waals surface area (Å²) in [6, 6.07) is 1.83. The van der Waals surface area contributed by atoms with Gasteiger partial charge in [0.1, 0.15) is 5.82 Å². The van der Waals surface area contributed by atoms with Crippen molar-refractivity contribution < 1.29 is 4.79 Å². The molecule has 0 saturated carbocycles. The SMILES string of the molecule is CC(C)NC(=O)C1CN(c2ncc(Cl)cc2Cl)C1. The molecule has 0 atom stereocenters. The summed E-state index contributed by atoms with van der Waals surface area (Å²) in [7, 11) is 0. The number of aromatic nitrogens is 1. The zero-order chi connectivity index (χ0) is 13.3. The molecule has 18 heavy (non-hydrogen) atoms. The van der Waals surface area contributed by atoms with Gasteiger partial charge in [0.2, 0.25) is 5.91 Å². The van der Waals surface area contributed by atoms with Gasteiger partial charge in [0.15, 0.2) is 0 Å². The fraction of sp³-hybridized carbons (Fsp3) is 0.500. The van der Waals surface area contributed by atoms with Crippen LogP contribution >= 0.6 is 23.2 Å². The molecule has 0 bridgehead atoms. The molecule has 0 unspecified atom stereocenters. The van der Waals surface area contributed by atoms with Crippen molar-refractivity contribution >= 4 is 34.9 Å². The van der Waals surface area contributed by atoms with Crippen molar-refractivity contribution in [2.75, 3.05) is 18.0 Å². The zero-order valence-corrected chi connectivity index (χ0v) is 11.8. The van der Waals surface area contributed by atoms with Gasteiger partial charge in [-0.05, 0) is 19.9 Å². The lowest BCUT2D eigenvalue weighted by molar-refractivity contribution is -0.126. The van der Waals surface area contributed by atoms with Crippen molar-refractivity contribution in [3.05, 3.63) is 22.3 Å². The highest BCUT2D eigenvalue weighted by Gasteiger charge is 2.34. The number of pyridine rings is 1. The molecule has 1 amide bonds. The van der Waals surface area contributed by atoms with Crippen LogP contribution in [0.25, 0.3) is 0 Å². The van der Waals surface area contributed by atoms with Gasteiger partial charge in [-0.2, -0.15) is 0 Å². The van der Waals surface area contributed by atoms with Crippen LogP contribution < -0.4 is 10.2 Å². The number of halogens is 2. The van der Waals surface area contributed by atoms with Crippen LogP contribution in [0.15, 0.2) is 12.3 Å². The minimum Gasteiger partial charge on any atom is -0.354 e. The molecule has 1 N–H and O–H groups in total. The Labute approximate surface area is 116 Å². The molecule has 98 valence electrons. The van der Waals surface area contributed by atoms with E-state index in [4.69, 9.17) is 23.2 Å². The van der Waals surface area contributed by atoms with Crippen LogP contribution in [-0.2, 0) is 4.79 Å². The highest BCUT2D eigenvalue weighted by atomic mass is 35.5. The number of hydrogen-bond acceptors (Lipinski definition) is 3. The van der Waals surface area contributed by atoms with E-state index in [2.05, 4.69) is 10.3 Å². The lowest BCUT2D eigenvalue weighted by Crippen LogP contribution is -2.55. The molecule has 1 aromatic rings. The number of nitrogens with one attached hydrogen (secondary N) is 1. The molecule has 1 saturated heterocycles. The average molecular weight is 288 g/mol. The van der Waals surface area contributed by atoms with E-state index < -0.39 is 0 Å². The molecular weight excluding hydrogens is 273 g/mol. The Morgan fingerprint density at radius 2 is 2.17 bits per heavy atom. The molecule has 0 aliphatic carbocycles. The molecule has 0 aromatic carbocycles. The van der Waals surface area contributed by atoms with Crippen molar-refractivity contribution in [3.8, 4) is 0 Å². The molecule has 1 aliphatic rings. The smallest absolute Gasteiger partial charge is 0.226 e. The van der Waals surface area contributed by atoms with Gasteiger partial charge in [-0.1, -0.05) is 23.2 Å². The van der Waals surface area contributed by atoms with Crippen LogP contribution in [-0.4, -0.2) is 30.0 Å². The molecular formula is C12H15Cl2N3O. The molecule has 1 fully saturated rings. The summed E-state index contributed by atoms with van der Waals surface area (Å²) in [6.07, 6.45) is 1.56. The first-order chi connectivity index (χ1) is 8.47.